The van der Waals surface area contributed by atoms with E-state index in [-0.39, 0.29) is 0 Å². The van der Waals surface area contributed by atoms with E-state index in [1.807, 2.05) is 24.3 Å². The third-order valence-corrected chi connectivity index (χ3v) is 10.2. The van der Waals surface area contributed by atoms with Gasteiger partial charge in [0.25, 0.3) is 0 Å². The molecular weight excluding hydrogens is 609 g/mol. The molecule has 0 spiro atoms. The first-order valence-electron chi connectivity index (χ1n) is 17.3. The van der Waals surface area contributed by atoms with Crippen LogP contribution in [0.25, 0.3) is 32.3 Å². The summed E-state index contributed by atoms with van der Waals surface area (Å²) in [4.78, 5) is 4.73. The number of para-hydroxylation sites is 4. The molecule has 0 unspecified atom stereocenters. The van der Waals surface area contributed by atoms with E-state index in [1.54, 1.807) is 0 Å². The van der Waals surface area contributed by atoms with Crippen LogP contribution in [0.5, 0.6) is 0 Å². The highest BCUT2D eigenvalue weighted by Gasteiger charge is 2.26. The molecule has 0 radical (unpaired) electrons. The van der Waals surface area contributed by atoms with Gasteiger partial charge in [-0.15, -0.1) is 0 Å². The molecule has 0 atom stereocenters. The molecular formula is C46H42N4. The second kappa shape index (κ2) is 11.9. The molecule has 0 amide bonds. The molecule has 0 fully saturated rings. The maximum Gasteiger partial charge on any atom is 0.0691 e. The molecule has 0 saturated heterocycles. The van der Waals surface area contributed by atoms with Crippen molar-refractivity contribution < 1.29 is 0 Å². The number of rotatable bonds is 6. The van der Waals surface area contributed by atoms with Crippen LogP contribution in [0.2, 0.25) is 0 Å². The molecule has 0 heterocycles. The van der Waals surface area contributed by atoms with Gasteiger partial charge >= 0.3 is 0 Å². The molecule has 4 heteroatoms. The van der Waals surface area contributed by atoms with Gasteiger partial charge in [-0.05, 0) is 134 Å². The topological polar surface area (TPSA) is 58.5 Å². The predicted octanol–water partition coefficient (Wildman–Crippen LogP) is 12.5. The number of nitrogens with zero attached hydrogens (tertiary/aromatic N) is 2. The summed E-state index contributed by atoms with van der Waals surface area (Å²) >= 11 is 0. The summed E-state index contributed by atoms with van der Waals surface area (Å²) in [6.07, 6.45) is 0. The Balaban J connectivity index is 1.49. The Morgan fingerprint density at radius 1 is 0.380 bits per heavy atom. The Morgan fingerprint density at radius 3 is 1.16 bits per heavy atom. The zero-order chi connectivity index (χ0) is 34.8. The minimum absolute atomic E-state index is 0.736. The van der Waals surface area contributed by atoms with E-state index in [9.17, 15) is 0 Å². The third kappa shape index (κ3) is 4.90. The van der Waals surface area contributed by atoms with Crippen molar-refractivity contribution in [1.29, 1.82) is 0 Å². The summed E-state index contributed by atoms with van der Waals surface area (Å²) in [6.45, 7) is 13.1. The number of nitrogens with two attached hydrogens (primary N) is 2. The van der Waals surface area contributed by atoms with Gasteiger partial charge in [0.05, 0.1) is 34.1 Å². The Morgan fingerprint density at radius 2 is 0.780 bits per heavy atom. The first kappa shape index (κ1) is 31.3. The molecule has 4 nitrogen and oxygen atoms in total. The van der Waals surface area contributed by atoms with Crippen LogP contribution in [0.3, 0.4) is 0 Å². The summed E-state index contributed by atoms with van der Waals surface area (Å²) in [5.74, 6) is 0. The standard InChI is InChI=1S/C46H42N4/c1-27-15-21-39(29(3)23-27)49(41-13-9-7-11-37(41)47)45-31(5)25-33-18-20-36-44-34(17-19-35(45)43(33)44)26-32(6)46(36)50(42-14-10-8-12-38(42)48)40-22-16-28(2)24-30(40)4/h7-26H,47-48H2,1-6H3. The molecule has 8 aromatic carbocycles. The maximum absolute atomic E-state index is 6.77. The van der Waals surface area contributed by atoms with Gasteiger partial charge < -0.3 is 21.3 Å². The van der Waals surface area contributed by atoms with Crippen molar-refractivity contribution >= 4 is 77.8 Å². The second-order valence-electron chi connectivity index (χ2n) is 13.9. The first-order valence-corrected chi connectivity index (χ1v) is 17.3. The molecule has 0 bridgehead atoms. The average Bonchev–Trinajstić information content (AvgIpc) is 3.08. The van der Waals surface area contributed by atoms with E-state index in [1.165, 1.54) is 65.7 Å². The van der Waals surface area contributed by atoms with Gasteiger partial charge in [0.15, 0.2) is 0 Å². The maximum atomic E-state index is 6.77. The monoisotopic (exact) mass is 650 g/mol. The zero-order valence-electron chi connectivity index (χ0n) is 29.6. The van der Waals surface area contributed by atoms with E-state index >= 15 is 0 Å². The third-order valence-electron chi connectivity index (χ3n) is 10.2. The summed E-state index contributed by atoms with van der Waals surface area (Å²) in [5, 5.41) is 7.29. The van der Waals surface area contributed by atoms with Crippen molar-refractivity contribution in [2.45, 2.75) is 41.5 Å². The van der Waals surface area contributed by atoms with E-state index in [2.05, 4.69) is 148 Å². The van der Waals surface area contributed by atoms with E-state index < -0.39 is 0 Å². The molecule has 0 aromatic heterocycles. The predicted molar refractivity (Wildman–Crippen MR) is 217 cm³/mol. The van der Waals surface area contributed by atoms with E-state index in [4.69, 9.17) is 11.5 Å². The van der Waals surface area contributed by atoms with Gasteiger partial charge in [0.1, 0.15) is 0 Å². The van der Waals surface area contributed by atoms with Crippen molar-refractivity contribution in [2.75, 3.05) is 21.3 Å². The fourth-order valence-corrected chi connectivity index (χ4v) is 8.04. The highest BCUT2D eigenvalue weighted by atomic mass is 15.2. The number of hydrogen-bond donors (Lipinski definition) is 2. The van der Waals surface area contributed by atoms with Gasteiger partial charge in [-0.2, -0.15) is 0 Å². The summed E-state index contributed by atoms with van der Waals surface area (Å²) in [6, 6.07) is 43.5. The number of hydrogen-bond acceptors (Lipinski definition) is 4. The van der Waals surface area contributed by atoms with Crippen LogP contribution in [0.4, 0.5) is 45.5 Å². The van der Waals surface area contributed by atoms with Crippen molar-refractivity contribution in [2.24, 2.45) is 0 Å². The lowest BCUT2D eigenvalue weighted by Gasteiger charge is -2.33. The zero-order valence-corrected chi connectivity index (χ0v) is 29.6. The van der Waals surface area contributed by atoms with Crippen LogP contribution < -0.4 is 21.3 Å². The van der Waals surface area contributed by atoms with Gasteiger partial charge in [-0.3, -0.25) is 0 Å². The highest BCUT2D eigenvalue weighted by molar-refractivity contribution is 6.29. The van der Waals surface area contributed by atoms with Crippen molar-refractivity contribution in [3.05, 3.63) is 155 Å². The van der Waals surface area contributed by atoms with E-state index in [0.717, 1.165) is 45.5 Å². The van der Waals surface area contributed by atoms with Gasteiger partial charge in [0.2, 0.25) is 0 Å². The first-order chi connectivity index (χ1) is 24.1. The Bertz CT molecular complexity index is 2420. The average molecular weight is 651 g/mol. The minimum Gasteiger partial charge on any atom is -0.397 e. The molecule has 8 aromatic rings. The molecule has 0 saturated carbocycles. The number of anilines is 8. The summed E-state index contributed by atoms with van der Waals surface area (Å²) in [5.41, 5.74) is 28.7. The van der Waals surface area contributed by atoms with Crippen molar-refractivity contribution in [3.63, 3.8) is 0 Å². The highest BCUT2D eigenvalue weighted by Crippen LogP contribution is 2.51. The smallest absolute Gasteiger partial charge is 0.0691 e. The van der Waals surface area contributed by atoms with Crippen molar-refractivity contribution in [1.82, 2.24) is 0 Å². The SMILES string of the molecule is Cc1ccc(N(c2ccccc2N)c2c(C)cc3ccc4c(N(c5ccc(C)cc5C)c5ccccc5N)c(C)cc5ccc2c3c54)c(C)c1. The largest absolute Gasteiger partial charge is 0.397 e. The quantitative estimate of drug-likeness (QED) is 0.139. The van der Waals surface area contributed by atoms with Crippen LogP contribution in [-0.2, 0) is 0 Å². The van der Waals surface area contributed by atoms with Crippen molar-refractivity contribution in [3.8, 4) is 0 Å². The van der Waals surface area contributed by atoms with Gasteiger partial charge in [-0.25, -0.2) is 0 Å². The molecule has 0 aliphatic heterocycles. The number of nitrogen functional groups attached to an aromatic ring is 2. The summed E-state index contributed by atoms with van der Waals surface area (Å²) < 4.78 is 0. The molecule has 0 aliphatic rings. The minimum atomic E-state index is 0.736. The van der Waals surface area contributed by atoms with E-state index in [0.29, 0.717) is 0 Å². The Hall–Kier alpha value is -6.00. The molecule has 50 heavy (non-hydrogen) atoms. The lowest BCUT2D eigenvalue weighted by molar-refractivity contribution is 1.23. The van der Waals surface area contributed by atoms with Gasteiger partial charge in [-0.1, -0.05) is 83.9 Å². The molecule has 4 N–H and O–H groups in total. The van der Waals surface area contributed by atoms with Crippen LogP contribution in [-0.4, -0.2) is 0 Å². The normalized spacial score (nSPS) is 11.6. The number of aryl methyl sites for hydroxylation is 6. The lowest BCUT2D eigenvalue weighted by atomic mass is 9.88. The number of benzene rings is 8. The Labute approximate surface area is 294 Å². The van der Waals surface area contributed by atoms with Crippen LogP contribution >= 0.6 is 0 Å². The van der Waals surface area contributed by atoms with Gasteiger partial charge in [0, 0.05) is 22.1 Å². The molecule has 246 valence electrons. The van der Waals surface area contributed by atoms with Crippen LogP contribution in [0.15, 0.2) is 121 Å². The molecule has 8 rings (SSSR count). The second-order valence-corrected chi connectivity index (χ2v) is 13.9. The Kier molecular flexibility index (Phi) is 7.41. The lowest BCUT2D eigenvalue weighted by Crippen LogP contribution is -2.16. The van der Waals surface area contributed by atoms with Crippen LogP contribution in [0.1, 0.15) is 33.4 Å². The van der Waals surface area contributed by atoms with Crippen LogP contribution in [0, 0.1) is 41.5 Å². The summed E-state index contributed by atoms with van der Waals surface area (Å²) in [7, 11) is 0. The fraction of sp³-hybridized carbons (Fsp3) is 0.130. The molecule has 0 aliphatic carbocycles. The fourth-order valence-electron chi connectivity index (χ4n) is 8.04.